The van der Waals surface area contributed by atoms with Crippen LogP contribution < -0.4 is 5.73 Å². The van der Waals surface area contributed by atoms with Crippen molar-refractivity contribution in [2.24, 2.45) is 5.73 Å². The first-order valence-corrected chi connectivity index (χ1v) is 4.80. The van der Waals surface area contributed by atoms with Crippen molar-refractivity contribution in [1.29, 1.82) is 0 Å². The molecule has 0 aromatic carbocycles. The highest BCUT2D eigenvalue weighted by atomic mass is 31.1. The van der Waals surface area contributed by atoms with Gasteiger partial charge in [-0.1, -0.05) is 6.92 Å². The van der Waals surface area contributed by atoms with Crippen LogP contribution in [0.5, 0.6) is 0 Å². The van der Waals surface area contributed by atoms with E-state index in [0.717, 1.165) is 6.54 Å². The van der Waals surface area contributed by atoms with Gasteiger partial charge in [-0.25, -0.2) is 0 Å². The van der Waals surface area contributed by atoms with Gasteiger partial charge in [-0.15, -0.1) is 13.8 Å². The molecule has 0 spiro atoms. The summed E-state index contributed by atoms with van der Waals surface area (Å²) in [5.74, 6) is 0. The van der Waals surface area contributed by atoms with Crippen LogP contribution in [0.2, 0.25) is 0 Å². The summed E-state index contributed by atoms with van der Waals surface area (Å²) in [5.41, 5.74) is 5.29. The lowest BCUT2D eigenvalue weighted by atomic mass is 10.8. The summed E-state index contributed by atoms with van der Waals surface area (Å²) in [5, 5.41) is 0. The Hall–Kier alpha value is 0.260. The van der Waals surface area contributed by atoms with E-state index < -0.39 is 0 Å². The molecule has 0 aromatic rings. The largest absolute Gasteiger partial charge is 0.330 e. The summed E-state index contributed by atoms with van der Waals surface area (Å²) in [7, 11) is -0.255. The highest BCUT2D eigenvalue weighted by molar-refractivity contribution is 7.55. The molecule has 1 atom stereocenters. The van der Waals surface area contributed by atoms with Gasteiger partial charge in [0.1, 0.15) is 0 Å². The summed E-state index contributed by atoms with van der Waals surface area (Å²) in [4.78, 5) is 0. The molecule has 0 aliphatic carbocycles. The molecule has 2 heteroatoms. The van der Waals surface area contributed by atoms with Crippen LogP contribution in [0.4, 0.5) is 0 Å². The molecule has 1 nitrogen and oxygen atoms in total. The van der Waals surface area contributed by atoms with E-state index in [9.17, 15) is 0 Å². The minimum absolute atomic E-state index is 0.255. The van der Waals surface area contributed by atoms with Gasteiger partial charge in [0.25, 0.3) is 0 Å². The van der Waals surface area contributed by atoms with Crippen LogP contribution in [0.3, 0.4) is 0 Å². The van der Waals surface area contributed by atoms with E-state index in [1.807, 2.05) is 0 Å². The summed E-state index contributed by atoms with van der Waals surface area (Å²) in [6, 6.07) is 0. The molecule has 7 heavy (non-hydrogen) atoms. The second-order valence-electron chi connectivity index (χ2n) is 1.64. The Kier molecular flexibility index (Phi) is 4.58. The Bertz CT molecular complexity index is 61.1. The Morgan fingerprint density at radius 2 is 2.29 bits per heavy atom. The number of rotatable bonds is 3. The molecule has 0 rings (SSSR count). The van der Waals surface area contributed by atoms with Crippen LogP contribution in [0.15, 0.2) is 0 Å². The third-order valence-electron chi connectivity index (χ3n) is 0.998. The molecule has 0 saturated heterocycles. The molecule has 44 valence electrons. The monoisotopic (exact) mass is 119 g/mol. The summed E-state index contributed by atoms with van der Waals surface area (Å²) >= 11 is 0. The highest BCUT2D eigenvalue weighted by Gasteiger charge is 1.81. The van der Waals surface area contributed by atoms with E-state index in [1.54, 1.807) is 0 Å². The molecule has 0 aliphatic rings. The first kappa shape index (κ1) is 7.26. The van der Waals surface area contributed by atoms with Crippen molar-refractivity contribution in [3.05, 3.63) is 0 Å². The van der Waals surface area contributed by atoms with Crippen LogP contribution in [0.1, 0.15) is 6.92 Å². The maximum absolute atomic E-state index is 5.29. The van der Waals surface area contributed by atoms with Gasteiger partial charge in [0.05, 0.1) is 0 Å². The zero-order chi connectivity index (χ0) is 5.70. The highest BCUT2D eigenvalue weighted by Crippen LogP contribution is 2.15. The van der Waals surface area contributed by atoms with Gasteiger partial charge in [0.15, 0.2) is 0 Å². The van der Waals surface area contributed by atoms with Crippen LogP contribution in [0, 0.1) is 0 Å². The van der Waals surface area contributed by atoms with Gasteiger partial charge in [-0.3, -0.25) is 0 Å². The Morgan fingerprint density at radius 3 is 2.43 bits per heavy atom. The van der Waals surface area contributed by atoms with Gasteiger partial charge < -0.3 is 5.73 Å². The number of hydrogen-bond donors (Lipinski definition) is 1. The standard InChI is InChI=1S/C5H14NP/c1-3-7(2)5-4-6/h7H,2-6H2,1H3. The van der Waals surface area contributed by atoms with Crippen molar-refractivity contribution >= 4 is 13.8 Å². The zero-order valence-corrected chi connectivity index (χ0v) is 5.91. The Balaban J connectivity index is 3.00. The fourth-order valence-electron chi connectivity index (χ4n) is 0.381. The zero-order valence-electron chi connectivity index (χ0n) is 4.91. The van der Waals surface area contributed by atoms with E-state index in [1.165, 1.54) is 12.3 Å². The van der Waals surface area contributed by atoms with Crippen molar-refractivity contribution < 1.29 is 0 Å². The van der Waals surface area contributed by atoms with Crippen molar-refractivity contribution in [2.45, 2.75) is 6.92 Å². The van der Waals surface area contributed by atoms with Crippen molar-refractivity contribution in [3.63, 3.8) is 0 Å². The third kappa shape index (κ3) is 4.11. The van der Waals surface area contributed by atoms with E-state index in [4.69, 9.17) is 5.73 Å². The van der Waals surface area contributed by atoms with E-state index >= 15 is 0 Å². The lowest BCUT2D eigenvalue weighted by Crippen LogP contribution is -2.01. The fourth-order valence-corrected chi connectivity index (χ4v) is 1.14. The van der Waals surface area contributed by atoms with E-state index in [0.29, 0.717) is 0 Å². The number of nitrogens with two attached hydrogens (primary N) is 1. The van der Waals surface area contributed by atoms with Gasteiger partial charge in [-0.2, -0.15) is 0 Å². The first-order chi connectivity index (χ1) is 3.31. The first-order valence-electron chi connectivity index (χ1n) is 2.68. The molecule has 0 amide bonds. The lowest BCUT2D eigenvalue weighted by molar-refractivity contribution is 1.14. The molecule has 0 aliphatic heterocycles. The fraction of sp³-hybridized carbons (Fsp3) is 0.800. The van der Waals surface area contributed by atoms with Gasteiger partial charge in [0.2, 0.25) is 0 Å². The van der Waals surface area contributed by atoms with Gasteiger partial charge in [-0.05, 0) is 18.9 Å². The summed E-state index contributed by atoms with van der Waals surface area (Å²) in [6.45, 7) is 3.00. The van der Waals surface area contributed by atoms with Crippen LogP contribution in [-0.2, 0) is 0 Å². The van der Waals surface area contributed by atoms with E-state index in [2.05, 4.69) is 13.2 Å². The maximum Gasteiger partial charge on any atom is -0.00406 e. The van der Waals surface area contributed by atoms with E-state index in [-0.39, 0.29) is 7.55 Å². The molecule has 0 fully saturated rings. The van der Waals surface area contributed by atoms with Gasteiger partial charge >= 0.3 is 0 Å². The maximum atomic E-state index is 5.29. The Labute approximate surface area is 46.3 Å². The predicted molar refractivity (Wildman–Crippen MR) is 39.9 cm³/mol. The molecular formula is C5H14NP. The quantitative estimate of drug-likeness (QED) is 0.541. The SMILES string of the molecule is C=[PH](CC)CCN. The normalized spacial score (nSPS) is 14.0. The molecule has 0 heterocycles. The van der Waals surface area contributed by atoms with Crippen LogP contribution in [-0.4, -0.2) is 25.2 Å². The Morgan fingerprint density at radius 1 is 1.71 bits per heavy atom. The molecule has 0 bridgehead atoms. The molecule has 0 saturated carbocycles. The second-order valence-corrected chi connectivity index (χ2v) is 4.35. The predicted octanol–water partition coefficient (Wildman–Crippen LogP) is 0.611. The average Bonchev–Trinajstić information content (AvgIpc) is 1.68. The van der Waals surface area contributed by atoms with Crippen molar-refractivity contribution in [3.8, 4) is 0 Å². The summed E-state index contributed by atoms with van der Waals surface area (Å²) in [6.07, 6.45) is 6.39. The second kappa shape index (κ2) is 4.42. The average molecular weight is 119 g/mol. The van der Waals surface area contributed by atoms with Crippen molar-refractivity contribution in [2.75, 3.05) is 18.9 Å². The molecule has 2 N–H and O–H groups in total. The molecule has 0 aromatic heterocycles. The third-order valence-corrected chi connectivity index (χ3v) is 2.99. The van der Waals surface area contributed by atoms with Gasteiger partial charge in [0, 0.05) is 0 Å². The summed E-state index contributed by atoms with van der Waals surface area (Å²) < 4.78 is 0. The lowest BCUT2D eigenvalue weighted by Gasteiger charge is -1.96. The van der Waals surface area contributed by atoms with Crippen LogP contribution in [0.25, 0.3) is 0 Å². The molecular weight excluding hydrogens is 105 g/mol. The molecule has 1 unspecified atom stereocenters. The van der Waals surface area contributed by atoms with Crippen molar-refractivity contribution in [1.82, 2.24) is 0 Å². The minimum atomic E-state index is -0.255. The minimum Gasteiger partial charge on any atom is -0.330 e. The topological polar surface area (TPSA) is 26.0 Å². The smallest absolute Gasteiger partial charge is 0.00406 e. The van der Waals surface area contributed by atoms with Crippen LogP contribution >= 0.6 is 7.55 Å². The number of hydrogen-bond acceptors (Lipinski definition) is 1. The molecule has 0 radical (unpaired) electrons.